The summed E-state index contributed by atoms with van der Waals surface area (Å²) in [7, 11) is 0. The molecule has 2 aromatic rings. The molecule has 1 atom stereocenters. The third-order valence-corrected chi connectivity index (χ3v) is 4.18. The van der Waals surface area contributed by atoms with Crippen molar-refractivity contribution in [1.29, 1.82) is 5.26 Å². The highest BCUT2D eigenvalue weighted by Crippen LogP contribution is 2.33. The second-order valence-corrected chi connectivity index (χ2v) is 5.57. The van der Waals surface area contributed by atoms with Crippen LogP contribution in [0.4, 0.5) is 4.39 Å². The number of nitrogens with zero attached hydrogens (tertiary/aromatic N) is 1. The van der Waals surface area contributed by atoms with E-state index in [1.54, 1.807) is 23.5 Å². The second-order valence-electron chi connectivity index (χ2n) is 3.68. The summed E-state index contributed by atoms with van der Waals surface area (Å²) >= 11 is 5.98. The fraction of sp³-hybridized carbons (Fsp3) is 0.154. The Kier molecular flexibility index (Phi) is 3.51. The van der Waals surface area contributed by atoms with Crippen LogP contribution in [0.3, 0.4) is 0 Å². The van der Waals surface area contributed by atoms with E-state index in [2.05, 4.69) is 12.6 Å². The molecule has 1 nitrogen and oxygen atoms in total. The molecule has 0 bridgehead atoms. The van der Waals surface area contributed by atoms with Gasteiger partial charge in [0, 0.05) is 15.0 Å². The molecule has 0 saturated carbocycles. The van der Waals surface area contributed by atoms with Gasteiger partial charge in [-0.15, -0.1) is 11.3 Å². The van der Waals surface area contributed by atoms with E-state index in [1.807, 2.05) is 25.1 Å². The van der Waals surface area contributed by atoms with Gasteiger partial charge in [0.1, 0.15) is 11.9 Å². The van der Waals surface area contributed by atoms with Crippen molar-refractivity contribution in [1.82, 2.24) is 0 Å². The number of rotatable bonds is 2. The summed E-state index contributed by atoms with van der Waals surface area (Å²) in [5, 5.41) is 8.97. The van der Waals surface area contributed by atoms with Crippen molar-refractivity contribution in [2.45, 2.75) is 12.2 Å². The quantitative estimate of drug-likeness (QED) is 0.797. The van der Waals surface area contributed by atoms with Crippen LogP contribution in [0.5, 0.6) is 0 Å². The Labute approximate surface area is 109 Å². The fourth-order valence-electron chi connectivity index (χ4n) is 1.50. The highest BCUT2D eigenvalue weighted by molar-refractivity contribution is 7.80. The van der Waals surface area contributed by atoms with Crippen molar-refractivity contribution in [2.24, 2.45) is 0 Å². The first-order valence-corrected chi connectivity index (χ1v) is 6.43. The molecule has 1 heterocycles. The van der Waals surface area contributed by atoms with E-state index < -0.39 is 5.82 Å². The van der Waals surface area contributed by atoms with E-state index in [1.165, 1.54) is 6.07 Å². The van der Waals surface area contributed by atoms with E-state index in [-0.39, 0.29) is 10.8 Å². The van der Waals surface area contributed by atoms with Crippen LogP contribution in [0.2, 0.25) is 0 Å². The molecule has 0 aliphatic carbocycles. The molecule has 1 aromatic carbocycles. The molecular formula is C13H10FNS2. The third-order valence-electron chi connectivity index (χ3n) is 2.41. The Morgan fingerprint density at radius 1 is 1.35 bits per heavy atom. The molecule has 0 aliphatic rings. The van der Waals surface area contributed by atoms with E-state index >= 15 is 0 Å². The van der Waals surface area contributed by atoms with Crippen molar-refractivity contribution < 1.29 is 4.39 Å². The minimum atomic E-state index is -0.476. The van der Waals surface area contributed by atoms with E-state index in [0.29, 0.717) is 0 Å². The van der Waals surface area contributed by atoms with Gasteiger partial charge in [-0.05, 0) is 36.8 Å². The van der Waals surface area contributed by atoms with Gasteiger partial charge in [0.2, 0.25) is 0 Å². The predicted molar refractivity (Wildman–Crippen MR) is 71.8 cm³/mol. The van der Waals surface area contributed by atoms with Gasteiger partial charge in [0.15, 0.2) is 0 Å². The maximum absolute atomic E-state index is 13.2. The normalized spacial score (nSPS) is 12.1. The monoisotopic (exact) mass is 263 g/mol. The number of hydrogen-bond donors (Lipinski definition) is 1. The maximum atomic E-state index is 13.2. The van der Waals surface area contributed by atoms with Crippen LogP contribution < -0.4 is 0 Å². The predicted octanol–water partition coefficient (Wildman–Crippen LogP) is 4.42. The van der Waals surface area contributed by atoms with E-state index in [0.717, 1.165) is 15.3 Å². The first kappa shape index (κ1) is 12.2. The number of thiophene rings is 1. The lowest BCUT2D eigenvalue weighted by Gasteiger charge is -2.00. The van der Waals surface area contributed by atoms with Crippen molar-refractivity contribution >= 4 is 24.0 Å². The topological polar surface area (TPSA) is 23.8 Å². The standard InChI is InChI=1S/C13H10FNS2/c1-8(16)12-4-5-13(17-12)9-2-3-11(14)10(6-9)7-15/h2-6,8,16H,1H3. The fourth-order valence-corrected chi connectivity index (χ4v) is 2.68. The number of thiol groups is 1. The van der Waals surface area contributed by atoms with Gasteiger partial charge in [-0.3, -0.25) is 0 Å². The molecule has 4 heteroatoms. The zero-order valence-corrected chi connectivity index (χ0v) is 10.9. The molecule has 1 aromatic heterocycles. The van der Waals surface area contributed by atoms with Crippen LogP contribution in [-0.4, -0.2) is 0 Å². The molecule has 0 aliphatic heterocycles. The van der Waals surface area contributed by atoms with Crippen LogP contribution in [0.15, 0.2) is 30.3 Å². The second kappa shape index (κ2) is 4.91. The molecule has 2 rings (SSSR count). The number of benzene rings is 1. The maximum Gasteiger partial charge on any atom is 0.140 e. The molecule has 0 amide bonds. The lowest BCUT2D eigenvalue weighted by molar-refractivity contribution is 0.624. The summed E-state index contributed by atoms with van der Waals surface area (Å²) in [5.41, 5.74) is 0.949. The molecule has 0 saturated heterocycles. The summed E-state index contributed by atoms with van der Waals surface area (Å²) in [5.74, 6) is -0.476. The molecule has 0 spiro atoms. The molecule has 1 unspecified atom stereocenters. The van der Waals surface area contributed by atoms with E-state index in [4.69, 9.17) is 5.26 Å². The molecule has 86 valence electrons. The van der Waals surface area contributed by atoms with Crippen molar-refractivity contribution in [3.8, 4) is 16.5 Å². The SMILES string of the molecule is CC(S)c1ccc(-c2ccc(F)c(C#N)c2)s1. The Balaban J connectivity index is 2.43. The van der Waals surface area contributed by atoms with Gasteiger partial charge in [0.05, 0.1) is 5.56 Å². The molecular weight excluding hydrogens is 253 g/mol. The van der Waals surface area contributed by atoms with Crippen LogP contribution in [-0.2, 0) is 0 Å². The first-order valence-electron chi connectivity index (χ1n) is 5.09. The minimum absolute atomic E-state index is 0.0800. The number of hydrogen-bond acceptors (Lipinski definition) is 3. The van der Waals surface area contributed by atoms with Crippen molar-refractivity contribution in [2.75, 3.05) is 0 Å². The number of halogens is 1. The van der Waals surface area contributed by atoms with Gasteiger partial charge >= 0.3 is 0 Å². The lowest BCUT2D eigenvalue weighted by atomic mass is 10.1. The summed E-state index contributed by atoms with van der Waals surface area (Å²) in [4.78, 5) is 2.18. The number of nitriles is 1. The highest BCUT2D eigenvalue weighted by atomic mass is 32.1. The molecule has 17 heavy (non-hydrogen) atoms. The Morgan fingerprint density at radius 2 is 2.12 bits per heavy atom. The average Bonchev–Trinajstić information content (AvgIpc) is 2.79. The lowest BCUT2D eigenvalue weighted by Crippen LogP contribution is -1.83. The smallest absolute Gasteiger partial charge is 0.140 e. The van der Waals surface area contributed by atoms with Crippen LogP contribution in [0, 0.1) is 17.1 Å². The minimum Gasteiger partial charge on any atom is -0.206 e. The summed E-state index contributed by atoms with van der Waals surface area (Å²) < 4.78 is 13.2. The summed E-state index contributed by atoms with van der Waals surface area (Å²) in [6.07, 6.45) is 0. The Bertz CT molecular complexity index is 581. The highest BCUT2D eigenvalue weighted by Gasteiger charge is 2.08. The van der Waals surface area contributed by atoms with Gasteiger partial charge in [-0.1, -0.05) is 6.07 Å². The van der Waals surface area contributed by atoms with Crippen molar-refractivity contribution in [3.05, 3.63) is 46.6 Å². The zero-order chi connectivity index (χ0) is 12.4. The Morgan fingerprint density at radius 3 is 2.71 bits per heavy atom. The van der Waals surface area contributed by atoms with E-state index in [9.17, 15) is 4.39 Å². The van der Waals surface area contributed by atoms with Gasteiger partial charge in [-0.2, -0.15) is 17.9 Å². The average molecular weight is 263 g/mol. The molecule has 0 N–H and O–H groups in total. The van der Waals surface area contributed by atoms with Gasteiger partial charge < -0.3 is 0 Å². The van der Waals surface area contributed by atoms with Gasteiger partial charge in [-0.25, -0.2) is 4.39 Å². The van der Waals surface area contributed by atoms with Crippen LogP contribution >= 0.6 is 24.0 Å². The van der Waals surface area contributed by atoms with Crippen LogP contribution in [0.1, 0.15) is 22.6 Å². The largest absolute Gasteiger partial charge is 0.206 e. The molecule has 0 radical (unpaired) electrons. The summed E-state index contributed by atoms with van der Waals surface area (Å²) in [6, 6.07) is 10.4. The first-order chi connectivity index (χ1) is 8.11. The van der Waals surface area contributed by atoms with Gasteiger partial charge in [0.25, 0.3) is 0 Å². The molecule has 0 fully saturated rings. The van der Waals surface area contributed by atoms with Crippen molar-refractivity contribution in [3.63, 3.8) is 0 Å². The van der Waals surface area contributed by atoms with Crippen LogP contribution in [0.25, 0.3) is 10.4 Å². The third kappa shape index (κ3) is 2.51. The zero-order valence-electron chi connectivity index (χ0n) is 9.14. The Hall–Kier alpha value is -1.31. The summed E-state index contributed by atoms with van der Waals surface area (Å²) in [6.45, 7) is 2.00.